The lowest BCUT2D eigenvalue weighted by Crippen LogP contribution is -2.29. The Hall–Kier alpha value is -2.17. The molecule has 0 aliphatic heterocycles. The fourth-order valence-electron chi connectivity index (χ4n) is 3.33. The quantitative estimate of drug-likeness (QED) is 0.570. The second-order valence-electron chi connectivity index (χ2n) is 5.33. The van der Waals surface area contributed by atoms with Crippen LogP contribution < -0.4 is 14.2 Å². The van der Waals surface area contributed by atoms with Gasteiger partial charge in [-0.1, -0.05) is 6.92 Å². The maximum absolute atomic E-state index is 12.8. The molecule has 0 spiro atoms. The third-order valence-corrected chi connectivity index (χ3v) is 4.43. The maximum atomic E-state index is 12.8. The molecule has 1 atom stereocenters. The normalized spacial score (nSPS) is 19.4. The van der Waals surface area contributed by atoms with E-state index >= 15 is 0 Å². The lowest BCUT2D eigenvalue weighted by molar-refractivity contribution is -0.145. The molecule has 126 valence electrons. The zero-order valence-corrected chi connectivity index (χ0v) is 14.6. The Morgan fingerprint density at radius 3 is 1.96 bits per heavy atom. The number of carbonyl (C=O) groups is 1. The first kappa shape index (κ1) is 17.2. The number of benzene rings is 1. The van der Waals surface area contributed by atoms with Gasteiger partial charge in [-0.2, -0.15) is 0 Å². The van der Waals surface area contributed by atoms with Crippen molar-refractivity contribution in [1.29, 1.82) is 0 Å². The van der Waals surface area contributed by atoms with Crippen molar-refractivity contribution < 1.29 is 23.7 Å². The van der Waals surface area contributed by atoms with E-state index in [4.69, 9.17) is 18.9 Å². The van der Waals surface area contributed by atoms with Crippen LogP contribution in [-0.2, 0) is 14.9 Å². The molecule has 23 heavy (non-hydrogen) atoms. The van der Waals surface area contributed by atoms with Crippen molar-refractivity contribution >= 4 is 5.97 Å². The summed E-state index contributed by atoms with van der Waals surface area (Å²) in [7, 11) is 4.72. The molecule has 0 saturated carbocycles. The summed E-state index contributed by atoms with van der Waals surface area (Å²) in [6.07, 6.45) is 0.767. The summed E-state index contributed by atoms with van der Waals surface area (Å²) in [4.78, 5) is 12.8. The summed E-state index contributed by atoms with van der Waals surface area (Å²) in [6, 6.07) is 3.52. The summed E-state index contributed by atoms with van der Waals surface area (Å²) < 4.78 is 21.7. The summed E-state index contributed by atoms with van der Waals surface area (Å²) in [6.45, 7) is 6.12. The average molecular weight is 320 g/mol. The molecular weight excluding hydrogens is 296 g/mol. The molecule has 0 fully saturated rings. The van der Waals surface area contributed by atoms with Crippen molar-refractivity contribution in [2.24, 2.45) is 0 Å². The highest BCUT2D eigenvalue weighted by Crippen LogP contribution is 2.61. The minimum absolute atomic E-state index is 0.281. The second kappa shape index (κ2) is 6.52. The third kappa shape index (κ3) is 2.44. The third-order valence-electron chi connectivity index (χ3n) is 4.43. The predicted octanol–water partition coefficient (Wildman–Crippen LogP) is 3.25. The largest absolute Gasteiger partial charge is 0.496 e. The number of esters is 1. The van der Waals surface area contributed by atoms with E-state index in [2.05, 4.69) is 0 Å². The molecule has 1 unspecified atom stereocenters. The highest BCUT2D eigenvalue weighted by molar-refractivity contribution is 6.00. The minimum atomic E-state index is -0.881. The van der Waals surface area contributed by atoms with E-state index in [1.54, 1.807) is 40.4 Å². The summed E-state index contributed by atoms with van der Waals surface area (Å²) >= 11 is 0. The number of carbonyl (C=O) groups excluding carboxylic acids is 1. The maximum Gasteiger partial charge on any atom is 0.325 e. The Kier molecular flexibility index (Phi) is 4.88. The number of ether oxygens (including phenoxy) is 4. The van der Waals surface area contributed by atoms with Gasteiger partial charge in [0.25, 0.3) is 0 Å². The minimum Gasteiger partial charge on any atom is -0.496 e. The van der Waals surface area contributed by atoms with Crippen LogP contribution in [0.4, 0.5) is 0 Å². The van der Waals surface area contributed by atoms with Gasteiger partial charge in [0.1, 0.15) is 22.7 Å². The molecule has 0 bridgehead atoms. The molecule has 0 N–H and O–H groups in total. The van der Waals surface area contributed by atoms with E-state index in [1.165, 1.54) is 0 Å². The highest BCUT2D eigenvalue weighted by atomic mass is 16.5. The first-order valence-electron chi connectivity index (χ1n) is 7.71. The van der Waals surface area contributed by atoms with Crippen LogP contribution in [0, 0.1) is 0 Å². The zero-order chi connectivity index (χ0) is 17.2. The Morgan fingerprint density at radius 2 is 1.61 bits per heavy atom. The van der Waals surface area contributed by atoms with Crippen LogP contribution in [-0.4, -0.2) is 33.9 Å². The average Bonchev–Trinajstić information content (AvgIpc) is 3.18. The summed E-state index contributed by atoms with van der Waals surface area (Å²) in [5.74, 6) is 1.43. The van der Waals surface area contributed by atoms with Gasteiger partial charge in [-0.25, -0.2) is 0 Å². The van der Waals surface area contributed by atoms with Gasteiger partial charge >= 0.3 is 5.97 Å². The van der Waals surface area contributed by atoms with Gasteiger partial charge < -0.3 is 18.9 Å². The van der Waals surface area contributed by atoms with Gasteiger partial charge in [-0.3, -0.25) is 4.79 Å². The van der Waals surface area contributed by atoms with Crippen LogP contribution in [0.25, 0.3) is 0 Å². The standard InChI is InChI=1S/C18H24O5/c1-7-13-11(3)18(13,17(19)23-8-2)16-14(21-5)9-12(20-4)10-15(16)22-6/h9-10H,7-8H2,1-6H3. The van der Waals surface area contributed by atoms with Gasteiger partial charge in [0, 0.05) is 12.1 Å². The first-order valence-corrected chi connectivity index (χ1v) is 7.71. The molecule has 0 heterocycles. The van der Waals surface area contributed by atoms with Crippen molar-refractivity contribution in [3.8, 4) is 17.2 Å². The van der Waals surface area contributed by atoms with E-state index in [0.717, 1.165) is 17.6 Å². The Bertz CT molecular complexity index is 622. The van der Waals surface area contributed by atoms with Crippen molar-refractivity contribution in [1.82, 2.24) is 0 Å². The number of methoxy groups -OCH3 is 3. The van der Waals surface area contributed by atoms with Crippen molar-refractivity contribution in [3.63, 3.8) is 0 Å². The molecule has 0 aromatic heterocycles. The molecule has 0 amide bonds. The predicted molar refractivity (Wildman–Crippen MR) is 87.4 cm³/mol. The Morgan fingerprint density at radius 1 is 1.04 bits per heavy atom. The lowest BCUT2D eigenvalue weighted by atomic mass is 9.85. The number of rotatable bonds is 7. The molecule has 1 aliphatic rings. The van der Waals surface area contributed by atoms with Crippen LogP contribution in [0.15, 0.2) is 23.3 Å². The molecule has 1 aliphatic carbocycles. The van der Waals surface area contributed by atoms with Gasteiger partial charge in [0.2, 0.25) is 0 Å². The van der Waals surface area contributed by atoms with E-state index in [-0.39, 0.29) is 5.97 Å². The van der Waals surface area contributed by atoms with Gasteiger partial charge in [0.05, 0.1) is 33.5 Å². The highest BCUT2D eigenvalue weighted by Gasteiger charge is 2.61. The van der Waals surface area contributed by atoms with Gasteiger partial charge in [-0.15, -0.1) is 0 Å². The number of hydrogen-bond donors (Lipinski definition) is 0. The smallest absolute Gasteiger partial charge is 0.325 e. The van der Waals surface area contributed by atoms with Crippen LogP contribution in [0.1, 0.15) is 32.8 Å². The van der Waals surface area contributed by atoms with Crippen LogP contribution >= 0.6 is 0 Å². The van der Waals surface area contributed by atoms with Crippen molar-refractivity contribution in [2.45, 2.75) is 32.6 Å². The second-order valence-corrected chi connectivity index (χ2v) is 5.33. The molecule has 1 aromatic rings. The van der Waals surface area contributed by atoms with Crippen LogP contribution in [0.5, 0.6) is 17.2 Å². The molecule has 5 nitrogen and oxygen atoms in total. The SMILES string of the molecule is CCOC(=O)C1(c2c(OC)cc(OC)cc2OC)C(C)=C1CC. The van der Waals surface area contributed by atoms with Crippen molar-refractivity contribution in [3.05, 3.63) is 28.8 Å². The lowest BCUT2D eigenvalue weighted by Gasteiger charge is -2.24. The fraction of sp³-hybridized carbons (Fsp3) is 0.500. The van der Waals surface area contributed by atoms with Crippen molar-refractivity contribution in [2.75, 3.05) is 27.9 Å². The zero-order valence-electron chi connectivity index (χ0n) is 14.6. The first-order chi connectivity index (χ1) is 11.0. The number of hydrogen-bond acceptors (Lipinski definition) is 5. The summed E-state index contributed by atoms with van der Waals surface area (Å²) in [5.41, 5.74) is 1.86. The van der Waals surface area contributed by atoms with E-state index in [1.807, 2.05) is 13.8 Å². The topological polar surface area (TPSA) is 54.0 Å². The van der Waals surface area contributed by atoms with Crippen LogP contribution in [0.2, 0.25) is 0 Å². The molecule has 5 heteroatoms. The van der Waals surface area contributed by atoms with Crippen LogP contribution in [0.3, 0.4) is 0 Å². The monoisotopic (exact) mass is 320 g/mol. The van der Waals surface area contributed by atoms with E-state index in [9.17, 15) is 4.79 Å². The summed E-state index contributed by atoms with van der Waals surface area (Å²) in [5, 5.41) is 0. The Labute approximate surface area is 137 Å². The molecule has 1 aromatic carbocycles. The van der Waals surface area contributed by atoms with Gasteiger partial charge in [0.15, 0.2) is 0 Å². The van der Waals surface area contributed by atoms with E-state index < -0.39 is 5.41 Å². The molecule has 0 radical (unpaired) electrons. The molecule has 0 saturated heterocycles. The van der Waals surface area contributed by atoms with E-state index in [0.29, 0.717) is 29.4 Å². The molecular formula is C18H24O5. The molecule has 2 rings (SSSR count). The Balaban J connectivity index is 2.68. The van der Waals surface area contributed by atoms with Gasteiger partial charge in [-0.05, 0) is 31.4 Å². The fourth-order valence-corrected chi connectivity index (χ4v) is 3.33.